The van der Waals surface area contributed by atoms with Crippen LogP contribution in [0.5, 0.6) is 11.5 Å². The minimum atomic E-state index is 0.622. The Morgan fingerprint density at radius 1 is 0.913 bits per heavy atom. The Kier molecular flexibility index (Phi) is 5.51. The standard InChI is InChI=1S/C19H22N2O2/c1-2-8-16(9-3-1)22-14-7-15-23-18-11-5-4-10-17(18)19-20-12-6-13-21-19/h1-5,8-11H,6-7,12-15H2,(H,20,21). The lowest BCUT2D eigenvalue weighted by Gasteiger charge is -2.17. The molecule has 4 heteroatoms. The number of rotatable bonds is 7. The van der Waals surface area contributed by atoms with Gasteiger partial charge in [-0.25, -0.2) is 0 Å². The molecule has 1 aliphatic rings. The Balaban J connectivity index is 1.49. The first-order valence-electron chi connectivity index (χ1n) is 8.12. The smallest absolute Gasteiger partial charge is 0.132 e. The molecule has 2 aromatic carbocycles. The molecule has 4 nitrogen and oxygen atoms in total. The highest BCUT2D eigenvalue weighted by molar-refractivity contribution is 6.01. The summed E-state index contributed by atoms with van der Waals surface area (Å²) in [6, 6.07) is 17.9. The maximum absolute atomic E-state index is 5.93. The van der Waals surface area contributed by atoms with Crippen molar-refractivity contribution in [2.24, 2.45) is 4.99 Å². The van der Waals surface area contributed by atoms with Crippen LogP contribution in [-0.4, -0.2) is 32.1 Å². The van der Waals surface area contributed by atoms with Gasteiger partial charge in [0.25, 0.3) is 0 Å². The molecular formula is C19H22N2O2. The van der Waals surface area contributed by atoms with Crippen molar-refractivity contribution in [1.82, 2.24) is 5.32 Å². The van der Waals surface area contributed by atoms with E-state index >= 15 is 0 Å². The average molecular weight is 310 g/mol. The van der Waals surface area contributed by atoms with Crippen molar-refractivity contribution in [3.8, 4) is 11.5 Å². The predicted octanol–water partition coefficient (Wildman–Crippen LogP) is 3.27. The molecule has 0 atom stereocenters. The number of nitrogens with one attached hydrogen (secondary N) is 1. The number of hydrogen-bond acceptors (Lipinski definition) is 4. The van der Waals surface area contributed by atoms with Crippen LogP contribution >= 0.6 is 0 Å². The van der Waals surface area contributed by atoms with Gasteiger partial charge in [0.2, 0.25) is 0 Å². The molecule has 0 bridgehead atoms. The second kappa shape index (κ2) is 8.22. The fraction of sp³-hybridized carbons (Fsp3) is 0.316. The summed E-state index contributed by atoms with van der Waals surface area (Å²) in [6.07, 6.45) is 1.92. The molecule has 0 aliphatic carbocycles. The van der Waals surface area contributed by atoms with Gasteiger partial charge >= 0.3 is 0 Å². The highest BCUT2D eigenvalue weighted by atomic mass is 16.5. The number of amidine groups is 1. The third-order valence-corrected chi connectivity index (χ3v) is 3.60. The molecule has 0 amide bonds. The Labute approximate surface area is 137 Å². The molecule has 0 unspecified atom stereocenters. The second-order valence-corrected chi connectivity index (χ2v) is 5.37. The van der Waals surface area contributed by atoms with Crippen molar-refractivity contribution >= 4 is 5.84 Å². The van der Waals surface area contributed by atoms with E-state index in [0.717, 1.165) is 48.8 Å². The fourth-order valence-electron chi connectivity index (χ4n) is 2.45. The molecule has 120 valence electrons. The molecule has 3 rings (SSSR count). The van der Waals surface area contributed by atoms with Crippen molar-refractivity contribution in [2.75, 3.05) is 26.3 Å². The highest BCUT2D eigenvalue weighted by Crippen LogP contribution is 2.19. The zero-order valence-electron chi connectivity index (χ0n) is 13.2. The number of hydrogen-bond donors (Lipinski definition) is 1. The summed E-state index contributed by atoms with van der Waals surface area (Å²) in [5, 5.41) is 3.34. The molecule has 23 heavy (non-hydrogen) atoms. The van der Waals surface area contributed by atoms with E-state index in [-0.39, 0.29) is 0 Å². The number of aliphatic imine (C=N–C) groups is 1. The third-order valence-electron chi connectivity index (χ3n) is 3.60. The summed E-state index contributed by atoms with van der Waals surface area (Å²) < 4.78 is 11.6. The summed E-state index contributed by atoms with van der Waals surface area (Å²) in [7, 11) is 0. The zero-order valence-corrected chi connectivity index (χ0v) is 13.2. The van der Waals surface area contributed by atoms with Crippen LogP contribution in [0.2, 0.25) is 0 Å². The molecule has 1 N–H and O–H groups in total. The Morgan fingerprint density at radius 3 is 2.52 bits per heavy atom. The van der Waals surface area contributed by atoms with Gasteiger partial charge in [-0.1, -0.05) is 30.3 Å². The average Bonchev–Trinajstić information content (AvgIpc) is 2.63. The van der Waals surface area contributed by atoms with Gasteiger partial charge in [-0.3, -0.25) is 4.99 Å². The molecule has 0 saturated heterocycles. The molecule has 0 spiro atoms. The van der Waals surface area contributed by atoms with Crippen LogP contribution in [0.15, 0.2) is 59.6 Å². The summed E-state index contributed by atoms with van der Waals surface area (Å²) in [6.45, 7) is 3.11. The van der Waals surface area contributed by atoms with E-state index in [2.05, 4.69) is 10.3 Å². The van der Waals surface area contributed by atoms with Crippen molar-refractivity contribution in [2.45, 2.75) is 12.8 Å². The molecule has 0 fully saturated rings. The molecule has 1 heterocycles. The Bertz CT molecular complexity index is 641. The lowest BCUT2D eigenvalue weighted by molar-refractivity contribution is 0.247. The lowest BCUT2D eigenvalue weighted by Crippen LogP contribution is -2.30. The van der Waals surface area contributed by atoms with Crippen LogP contribution < -0.4 is 14.8 Å². The van der Waals surface area contributed by atoms with Crippen LogP contribution in [-0.2, 0) is 0 Å². The third kappa shape index (κ3) is 4.49. The minimum absolute atomic E-state index is 0.622. The van der Waals surface area contributed by atoms with E-state index in [0.29, 0.717) is 13.2 Å². The summed E-state index contributed by atoms with van der Waals surface area (Å²) in [5.74, 6) is 2.71. The van der Waals surface area contributed by atoms with E-state index in [1.807, 2.05) is 54.6 Å². The van der Waals surface area contributed by atoms with Gasteiger partial charge in [-0.2, -0.15) is 0 Å². The van der Waals surface area contributed by atoms with E-state index < -0.39 is 0 Å². The van der Waals surface area contributed by atoms with Gasteiger partial charge in [-0.05, 0) is 30.7 Å². The molecule has 0 saturated carbocycles. The van der Waals surface area contributed by atoms with Crippen LogP contribution in [0.3, 0.4) is 0 Å². The van der Waals surface area contributed by atoms with Crippen LogP contribution in [0, 0.1) is 0 Å². The van der Waals surface area contributed by atoms with E-state index in [1.165, 1.54) is 0 Å². The number of benzene rings is 2. The number of ether oxygens (including phenoxy) is 2. The maximum Gasteiger partial charge on any atom is 0.132 e. The van der Waals surface area contributed by atoms with Gasteiger partial charge in [0.05, 0.1) is 18.8 Å². The maximum atomic E-state index is 5.93. The number of para-hydroxylation sites is 2. The second-order valence-electron chi connectivity index (χ2n) is 5.37. The molecule has 1 aliphatic heterocycles. The first kappa shape index (κ1) is 15.4. The molecule has 0 aromatic heterocycles. The summed E-state index contributed by atoms with van der Waals surface area (Å²) in [5.41, 5.74) is 1.04. The van der Waals surface area contributed by atoms with Crippen LogP contribution in [0.4, 0.5) is 0 Å². The lowest BCUT2D eigenvalue weighted by atomic mass is 10.1. The van der Waals surface area contributed by atoms with Gasteiger partial charge in [0.1, 0.15) is 17.3 Å². The topological polar surface area (TPSA) is 42.9 Å². The molecule has 2 aromatic rings. The predicted molar refractivity (Wildman–Crippen MR) is 92.5 cm³/mol. The van der Waals surface area contributed by atoms with Crippen LogP contribution in [0.1, 0.15) is 18.4 Å². The first-order valence-corrected chi connectivity index (χ1v) is 8.12. The van der Waals surface area contributed by atoms with Crippen LogP contribution in [0.25, 0.3) is 0 Å². The van der Waals surface area contributed by atoms with Gasteiger partial charge in [0.15, 0.2) is 0 Å². The monoisotopic (exact) mass is 310 g/mol. The van der Waals surface area contributed by atoms with Crippen molar-refractivity contribution in [3.63, 3.8) is 0 Å². The van der Waals surface area contributed by atoms with E-state index in [4.69, 9.17) is 9.47 Å². The normalized spacial score (nSPS) is 13.8. The summed E-state index contributed by atoms with van der Waals surface area (Å²) >= 11 is 0. The van der Waals surface area contributed by atoms with E-state index in [9.17, 15) is 0 Å². The molecule has 0 radical (unpaired) electrons. The first-order chi connectivity index (χ1) is 11.4. The van der Waals surface area contributed by atoms with Gasteiger partial charge < -0.3 is 14.8 Å². The van der Waals surface area contributed by atoms with Crippen molar-refractivity contribution in [3.05, 3.63) is 60.2 Å². The Morgan fingerprint density at radius 2 is 1.70 bits per heavy atom. The van der Waals surface area contributed by atoms with Gasteiger partial charge in [-0.15, -0.1) is 0 Å². The zero-order chi connectivity index (χ0) is 15.7. The summed E-state index contributed by atoms with van der Waals surface area (Å²) in [4.78, 5) is 4.55. The largest absolute Gasteiger partial charge is 0.493 e. The number of nitrogens with zero attached hydrogens (tertiary/aromatic N) is 1. The molecular weight excluding hydrogens is 288 g/mol. The van der Waals surface area contributed by atoms with E-state index in [1.54, 1.807) is 0 Å². The SMILES string of the molecule is c1ccc(OCCCOc2ccccc2C2=NCCCN2)cc1. The van der Waals surface area contributed by atoms with Crippen molar-refractivity contribution in [1.29, 1.82) is 0 Å². The quantitative estimate of drug-likeness (QED) is 0.798. The highest BCUT2D eigenvalue weighted by Gasteiger charge is 2.12. The Hall–Kier alpha value is -2.49. The minimum Gasteiger partial charge on any atom is -0.493 e. The van der Waals surface area contributed by atoms with Gasteiger partial charge in [0, 0.05) is 19.5 Å². The van der Waals surface area contributed by atoms with Crippen molar-refractivity contribution < 1.29 is 9.47 Å². The fourth-order valence-corrected chi connectivity index (χ4v) is 2.45.